The van der Waals surface area contributed by atoms with Crippen LogP contribution in [0.1, 0.15) is 37.6 Å². The summed E-state index contributed by atoms with van der Waals surface area (Å²) >= 11 is 0. The van der Waals surface area contributed by atoms with Crippen LogP contribution in [0.4, 0.5) is 5.82 Å². The molecule has 0 spiro atoms. The van der Waals surface area contributed by atoms with E-state index in [9.17, 15) is 4.79 Å². The van der Waals surface area contributed by atoms with Crippen molar-refractivity contribution in [1.29, 1.82) is 0 Å². The minimum Gasteiger partial charge on any atom is -0.369 e. The van der Waals surface area contributed by atoms with Crippen molar-refractivity contribution in [3.8, 4) is 0 Å². The molecule has 1 aromatic rings. The van der Waals surface area contributed by atoms with Gasteiger partial charge < -0.3 is 15.5 Å². The first kappa shape index (κ1) is 17.4. The Hall–Kier alpha value is -1.62. The first-order valence-electron chi connectivity index (χ1n) is 7.47. The number of rotatable bonds is 8. The summed E-state index contributed by atoms with van der Waals surface area (Å²) in [6, 6.07) is 3.59. The average Bonchev–Trinajstić information content (AvgIpc) is 2.41. The molecule has 0 aliphatic carbocycles. The van der Waals surface area contributed by atoms with Gasteiger partial charge in [-0.05, 0) is 38.1 Å². The van der Waals surface area contributed by atoms with Crippen LogP contribution in [0.3, 0.4) is 0 Å². The quantitative estimate of drug-likeness (QED) is 0.771. The molecular weight excluding hydrogens is 264 g/mol. The number of hydrogen-bond donors (Lipinski definition) is 2. The second-order valence-corrected chi connectivity index (χ2v) is 6.41. The van der Waals surface area contributed by atoms with Crippen LogP contribution in [-0.4, -0.2) is 49.5 Å². The molecule has 5 heteroatoms. The summed E-state index contributed by atoms with van der Waals surface area (Å²) in [7, 11) is 4.08. The zero-order chi connectivity index (χ0) is 15.9. The fourth-order valence-corrected chi connectivity index (χ4v) is 2.30. The molecule has 1 amide bonds. The molecule has 0 radical (unpaired) electrons. The molecule has 0 aromatic carbocycles. The number of carbonyl (C=O) groups excluding carboxylic acids is 1. The maximum absolute atomic E-state index is 12.4. The van der Waals surface area contributed by atoms with E-state index in [1.54, 1.807) is 18.3 Å². The van der Waals surface area contributed by atoms with Gasteiger partial charge in [-0.2, -0.15) is 0 Å². The zero-order valence-electron chi connectivity index (χ0n) is 13.9. The van der Waals surface area contributed by atoms with Crippen molar-refractivity contribution in [2.24, 2.45) is 5.41 Å². The standard InChI is InChI=1S/C16H28N4O/c1-6-9-17-14-13(8-7-10-18-14)15(21)19-11-16(2,3)12-20(4)5/h7-8,10H,6,9,11-12H2,1-5H3,(H,17,18)(H,19,21). The number of nitrogens with zero attached hydrogens (tertiary/aromatic N) is 2. The van der Waals surface area contributed by atoms with Gasteiger partial charge in [0, 0.05) is 25.8 Å². The van der Waals surface area contributed by atoms with Gasteiger partial charge in [-0.15, -0.1) is 0 Å². The lowest BCUT2D eigenvalue weighted by atomic mass is 9.93. The molecule has 0 unspecified atom stereocenters. The Morgan fingerprint density at radius 1 is 1.38 bits per heavy atom. The first-order chi connectivity index (χ1) is 9.85. The van der Waals surface area contributed by atoms with E-state index in [-0.39, 0.29) is 11.3 Å². The Labute approximate surface area is 128 Å². The van der Waals surface area contributed by atoms with E-state index in [0.29, 0.717) is 17.9 Å². The van der Waals surface area contributed by atoms with Crippen molar-refractivity contribution in [1.82, 2.24) is 15.2 Å². The molecule has 21 heavy (non-hydrogen) atoms. The van der Waals surface area contributed by atoms with E-state index in [1.165, 1.54) is 0 Å². The van der Waals surface area contributed by atoms with Crippen molar-refractivity contribution in [2.45, 2.75) is 27.2 Å². The smallest absolute Gasteiger partial charge is 0.255 e. The van der Waals surface area contributed by atoms with Gasteiger partial charge in [0.1, 0.15) is 5.82 Å². The van der Waals surface area contributed by atoms with Crippen LogP contribution in [-0.2, 0) is 0 Å². The molecule has 0 saturated heterocycles. The molecule has 5 nitrogen and oxygen atoms in total. The molecule has 1 aromatic heterocycles. The monoisotopic (exact) mass is 292 g/mol. The van der Waals surface area contributed by atoms with Gasteiger partial charge in [0.2, 0.25) is 0 Å². The second-order valence-electron chi connectivity index (χ2n) is 6.41. The van der Waals surface area contributed by atoms with Gasteiger partial charge in [0.25, 0.3) is 5.91 Å². The molecule has 1 rings (SSSR count). The molecule has 0 aliphatic rings. The van der Waals surface area contributed by atoms with Crippen LogP contribution >= 0.6 is 0 Å². The maximum Gasteiger partial charge on any atom is 0.255 e. The fourth-order valence-electron chi connectivity index (χ4n) is 2.30. The van der Waals surface area contributed by atoms with Gasteiger partial charge in [0.05, 0.1) is 5.56 Å². The normalized spacial score (nSPS) is 11.5. The second kappa shape index (κ2) is 7.98. The van der Waals surface area contributed by atoms with Crippen LogP contribution in [0.25, 0.3) is 0 Å². The maximum atomic E-state index is 12.4. The van der Waals surface area contributed by atoms with Crippen molar-refractivity contribution in [3.63, 3.8) is 0 Å². The number of hydrogen-bond acceptors (Lipinski definition) is 4. The molecule has 118 valence electrons. The van der Waals surface area contributed by atoms with Crippen molar-refractivity contribution in [2.75, 3.05) is 39.0 Å². The highest BCUT2D eigenvalue weighted by atomic mass is 16.1. The number of amides is 1. The largest absolute Gasteiger partial charge is 0.369 e. The third kappa shape index (κ3) is 6.12. The number of anilines is 1. The number of pyridine rings is 1. The highest BCUT2D eigenvalue weighted by Crippen LogP contribution is 2.16. The Morgan fingerprint density at radius 2 is 2.10 bits per heavy atom. The number of aromatic nitrogens is 1. The van der Waals surface area contributed by atoms with Gasteiger partial charge >= 0.3 is 0 Å². The third-order valence-corrected chi connectivity index (χ3v) is 3.07. The topological polar surface area (TPSA) is 57.3 Å². The SMILES string of the molecule is CCCNc1ncccc1C(=O)NCC(C)(C)CN(C)C. The lowest BCUT2D eigenvalue weighted by molar-refractivity contribution is 0.0929. The molecule has 2 N–H and O–H groups in total. The molecule has 0 aliphatic heterocycles. The predicted molar refractivity (Wildman–Crippen MR) is 87.7 cm³/mol. The van der Waals surface area contributed by atoms with E-state index in [2.05, 4.69) is 41.3 Å². The van der Waals surface area contributed by atoms with Crippen molar-refractivity contribution >= 4 is 11.7 Å². The summed E-state index contributed by atoms with van der Waals surface area (Å²) < 4.78 is 0. The molecule has 0 bridgehead atoms. The van der Waals surface area contributed by atoms with E-state index in [1.807, 2.05) is 14.1 Å². The Morgan fingerprint density at radius 3 is 2.71 bits per heavy atom. The highest BCUT2D eigenvalue weighted by Gasteiger charge is 2.21. The van der Waals surface area contributed by atoms with Gasteiger partial charge in [0.15, 0.2) is 0 Å². The zero-order valence-corrected chi connectivity index (χ0v) is 13.9. The number of nitrogens with one attached hydrogen (secondary N) is 2. The lowest BCUT2D eigenvalue weighted by Gasteiger charge is -2.28. The van der Waals surface area contributed by atoms with Gasteiger partial charge in [-0.3, -0.25) is 4.79 Å². The van der Waals surface area contributed by atoms with Crippen LogP contribution in [0, 0.1) is 5.41 Å². The van der Waals surface area contributed by atoms with Crippen LogP contribution in [0.15, 0.2) is 18.3 Å². The Balaban J connectivity index is 2.67. The van der Waals surface area contributed by atoms with E-state index in [0.717, 1.165) is 19.5 Å². The third-order valence-electron chi connectivity index (χ3n) is 3.07. The molecule has 0 fully saturated rings. The van der Waals surface area contributed by atoms with E-state index < -0.39 is 0 Å². The van der Waals surface area contributed by atoms with Crippen LogP contribution in [0.5, 0.6) is 0 Å². The molecular formula is C16H28N4O. The average molecular weight is 292 g/mol. The van der Waals surface area contributed by atoms with Gasteiger partial charge in [-0.1, -0.05) is 20.8 Å². The van der Waals surface area contributed by atoms with Gasteiger partial charge in [-0.25, -0.2) is 4.98 Å². The summed E-state index contributed by atoms with van der Waals surface area (Å²) in [5.41, 5.74) is 0.630. The molecule has 1 heterocycles. The van der Waals surface area contributed by atoms with Crippen LogP contribution < -0.4 is 10.6 Å². The predicted octanol–water partition coefficient (Wildman–Crippen LogP) is 2.22. The summed E-state index contributed by atoms with van der Waals surface area (Å²) in [4.78, 5) is 18.7. The lowest BCUT2D eigenvalue weighted by Crippen LogP contribution is -2.40. The Kier molecular flexibility index (Phi) is 6.62. The minimum absolute atomic E-state index is 0.0262. The summed E-state index contributed by atoms with van der Waals surface area (Å²) in [6.45, 7) is 8.73. The van der Waals surface area contributed by atoms with Crippen molar-refractivity contribution < 1.29 is 4.79 Å². The summed E-state index contributed by atoms with van der Waals surface area (Å²) in [6.07, 6.45) is 2.69. The highest BCUT2D eigenvalue weighted by molar-refractivity contribution is 5.98. The fraction of sp³-hybridized carbons (Fsp3) is 0.625. The summed E-state index contributed by atoms with van der Waals surface area (Å²) in [5.74, 6) is 0.579. The molecule has 0 saturated carbocycles. The Bertz CT molecular complexity index is 457. The van der Waals surface area contributed by atoms with E-state index >= 15 is 0 Å². The minimum atomic E-state index is -0.0754. The van der Waals surface area contributed by atoms with E-state index in [4.69, 9.17) is 0 Å². The first-order valence-corrected chi connectivity index (χ1v) is 7.47. The summed E-state index contributed by atoms with van der Waals surface area (Å²) in [5, 5.41) is 6.21. The van der Waals surface area contributed by atoms with Crippen LogP contribution in [0.2, 0.25) is 0 Å². The number of carbonyl (C=O) groups is 1. The molecule has 0 atom stereocenters. The van der Waals surface area contributed by atoms with Crippen molar-refractivity contribution in [3.05, 3.63) is 23.9 Å².